The molecule has 2 heterocycles. The quantitative estimate of drug-likeness (QED) is 0.679. The van der Waals surface area contributed by atoms with Crippen molar-refractivity contribution in [3.05, 3.63) is 5.82 Å². The summed E-state index contributed by atoms with van der Waals surface area (Å²) in [6.45, 7) is 0.919. The summed E-state index contributed by atoms with van der Waals surface area (Å²) >= 11 is 1.47. The highest BCUT2D eigenvalue weighted by Gasteiger charge is 2.34. The number of nitrogens with zero attached hydrogens (tertiary/aromatic N) is 4. The van der Waals surface area contributed by atoms with Crippen LogP contribution in [0, 0.1) is 0 Å². The van der Waals surface area contributed by atoms with Gasteiger partial charge in [0.05, 0.1) is 19.3 Å². The van der Waals surface area contributed by atoms with Crippen molar-refractivity contribution in [3.63, 3.8) is 0 Å². The molecule has 2 N–H and O–H groups in total. The normalized spacial score (nSPS) is 27.4. The first kappa shape index (κ1) is 14.7. The van der Waals surface area contributed by atoms with Gasteiger partial charge >= 0.3 is 0 Å². The molecule has 0 spiro atoms. The van der Waals surface area contributed by atoms with Gasteiger partial charge in [-0.15, -0.1) is 10.2 Å². The first-order valence-electron chi connectivity index (χ1n) is 6.12. The Hall–Kier alpha value is -0.670. The van der Waals surface area contributed by atoms with E-state index < -0.39 is 12.2 Å². The van der Waals surface area contributed by atoms with E-state index in [2.05, 4.69) is 10.2 Å². The molecule has 1 aliphatic rings. The number of aromatic nitrogens is 3. The molecule has 1 fully saturated rings. The Bertz CT molecular complexity index is 426. The molecule has 19 heavy (non-hydrogen) atoms. The number of thioether (sulfide) groups is 1. The van der Waals surface area contributed by atoms with E-state index in [9.17, 15) is 10.2 Å². The van der Waals surface area contributed by atoms with Gasteiger partial charge in [0.1, 0.15) is 18.0 Å². The standard InChI is InChI=1S/C11H20N4O3S/c1-14(2)4-9-12-13-11(15(9)3)19-6-8-10(17)7(16)5-18-8/h7-8,10,16-17H,4-6H2,1-3H3. The molecule has 2 rings (SSSR count). The predicted molar refractivity (Wildman–Crippen MR) is 70.9 cm³/mol. The number of aliphatic hydroxyl groups excluding tert-OH is 2. The van der Waals surface area contributed by atoms with E-state index in [4.69, 9.17) is 4.74 Å². The smallest absolute Gasteiger partial charge is 0.191 e. The van der Waals surface area contributed by atoms with Crippen molar-refractivity contribution < 1.29 is 14.9 Å². The van der Waals surface area contributed by atoms with E-state index in [0.29, 0.717) is 5.75 Å². The van der Waals surface area contributed by atoms with E-state index in [1.807, 2.05) is 30.6 Å². The van der Waals surface area contributed by atoms with Gasteiger partial charge in [0.2, 0.25) is 0 Å². The summed E-state index contributed by atoms with van der Waals surface area (Å²) in [6, 6.07) is 0. The molecule has 1 aliphatic heterocycles. The number of hydrogen-bond acceptors (Lipinski definition) is 7. The van der Waals surface area contributed by atoms with Gasteiger partial charge in [-0.05, 0) is 14.1 Å². The van der Waals surface area contributed by atoms with Crippen molar-refractivity contribution in [2.24, 2.45) is 7.05 Å². The van der Waals surface area contributed by atoms with Crippen LogP contribution < -0.4 is 0 Å². The third-order valence-corrected chi connectivity index (χ3v) is 4.12. The lowest BCUT2D eigenvalue weighted by molar-refractivity contribution is 0.0337. The highest BCUT2D eigenvalue weighted by atomic mass is 32.2. The average molecular weight is 288 g/mol. The maximum absolute atomic E-state index is 9.69. The average Bonchev–Trinajstić information content (AvgIpc) is 2.84. The lowest BCUT2D eigenvalue weighted by Gasteiger charge is -2.14. The summed E-state index contributed by atoms with van der Waals surface area (Å²) in [6.07, 6.45) is -1.95. The van der Waals surface area contributed by atoms with E-state index in [-0.39, 0.29) is 12.7 Å². The Morgan fingerprint density at radius 3 is 2.74 bits per heavy atom. The molecular formula is C11H20N4O3S. The highest BCUT2D eigenvalue weighted by Crippen LogP contribution is 2.23. The fourth-order valence-electron chi connectivity index (χ4n) is 1.86. The second kappa shape index (κ2) is 6.19. The Labute approximate surface area is 116 Å². The molecule has 1 aromatic rings. The molecule has 7 nitrogen and oxygen atoms in total. The molecule has 0 saturated carbocycles. The third kappa shape index (κ3) is 3.46. The highest BCUT2D eigenvalue weighted by molar-refractivity contribution is 7.99. The van der Waals surface area contributed by atoms with Gasteiger partial charge in [-0.1, -0.05) is 11.8 Å². The van der Waals surface area contributed by atoms with Crippen LogP contribution in [-0.2, 0) is 18.3 Å². The number of aliphatic hydroxyl groups is 2. The van der Waals surface area contributed by atoms with Crippen molar-refractivity contribution >= 4 is 11.8 Å². The summed E-state index contributed by atoms with van der Waals surface area (Å²) in [5.74, 6) is 1.44. The van der Waals surface area contributed by atoms with Gasteiger partial charge < -0.3 is 24.4 Å². The fourth-order valence-corrected chi connectivity index (χ4v) is 2.87. The van der Waals surface area contributed by atoms with Crippen LogP contribution in [0.15, 0.2) is 5.16 Å². The van der Waals surface area contributed by atoms with Crippen LogP contribution >= 0.6 is 11.8 Å². The van der Waals surface area contributed by atoms with Crippen LogP contribution in [0.3, 0.4) is 0 Å². The predicted octanol–water partition coefficient (Wildman–Crippen LogP) is -0.911. The largest absolute Gasteiger partial charge is 0.388 e. The van der Waals surface area contributed by atoms with Crippen LogP contribution in [-0.4, -0.2) is 74.6 Å². The Balaban J connectivity index is 1.91. The van der Waals surface area contributed by atoms with Gasteiger partial charge in [0, 0.05) is 12.8 Å². The van der Waals surface area contributed by atoms with Crippen LogP contribution in [0.5, 0.6) is 0 Å². The Morgan fingerprint density at radius 1 is 1.42 bits per heavy atom. The van der Waals surface area contributed by atoms with Crippen LogP contribution in [0.25, 0.3) is 0 Å². The minimum Gasteiger partial charge on any atom is -0.388 e. The minimum absolute atomic E-state index is 0.192. The summed E-state index contributed by atoms with van der Waals surface area (Å²) in [7, 11) is 5.87. The molecule has 1 aromatic heterocycles. The topological polar surface area (TPSA) is 83.6 Å². The summed E-state index contributed by atoms with van der Waals surface area (Å²) in [5, 5.41) is 28.1. The van der Waals surface area contributed by atoms with Gasteiger partial charge in [0.15, 0.2) is 5.16 Å². The zero-order chi connectivity index (χ0) is 14.0. The number of ether oxygens (including phenoxy) is 1. The second-order valence-electron chi connectivity index (χ2n) is 4.94. The van der Waals surface area contributed by atoms with Crippen LogP contribution in [0.2, 0.25) is 0 Å². The second-order valence-corrected chi connectivity index (χ2v) is 5.92. The van der Waals surface area contributed by atoms with Crippen molar-refractivity contribution in [1.29, 1.82) is 0 Å². The van der Waals surface area contributed by atoms with Crippen molar-refractivity contribution in [1.82, 2.24) is 19.7 Å². The summed E-state index contributed by atoms with van der Waals surface area (Å²) < 4.78 is 7.26. The molecule has 0 amide bonds. The maximum Gasteiger partial charge on any atom is 0.191 e. The molecule has 0 bridgehead atoms. The summed E-state index contributed by atoms with van der Waals surface area (Å²) in [4.78, 5) is 2.03. The zero-order valence-corrected chi connectivity index (χ0v) is 12.2. The summed E-state index contributed by atoms with van der Waals surface area (Å²) in [5.41, 5.74) is 0. The molecule has 3 unspecified atom stereocenters. The number of hydrogen-bond donors (Lipinski definition) is 2. The Morgan fingerprint density at radius 2 is 2.16 bits per heavy atom. The van der Waals surface area contributed by atoms with E-state index in [0.717, 1.165) is 17.5 Å². The van der Waals surface area contributed by atoms with Crippen molar-refractivity contribution in [2.75, 3.05) is 26.5 Å². The van der Waals surface area contributed by atoms with E-state index in [1.54, 1.807) is 0 Å². The molecule has 108 valence electrons. The van der Waals surface area contributed by atoms with E-state index in [1.165, 1.54) is 11.8 Å². The lowest BCUT2D eigenvalue weighted by atomic mass is 10.2. The van der Waals surface area contributed by atoms with Gasteiger partial charge in [0.25, 0.3) is 0 Å². The molecule has 0 radical (unpaired) electrons. The first-order valence-corrected chi connectivity index (χ1v) is 7.11. The molecule has 0 aliphatic carbocycles. The maximum atomic E-state index is 9.69. The SMILES string of the molecule is CN(C)Cc1nnc(SCC2OCC(O)C2O)n1C. The van der Waals surface area contributed by atoms with Crippen molar-refractivity contribution in [2.45, 2.75) is 30.0 Å². The zero-order valence-electron chi connectivity index (χ0n) is 11.4. The van der Waals surface area contributed by atoms with Gasteiger partial charge in [-0.3, -0.25) is 0 Å². The van der Waals surface area contributed by atoms with Gasteiger partial charge in [-0.25, -0.2) is 0 Å². The van der Waals surface area contributed by atoms with Gasteiger partial charge in [-0.2, -0.15) is 0 Å². The number of rotatable bonds is 5. The van der Waals surface area contributed by atoms with Crippen molar-refractivity contribution in [3.8, 4) is 0 Å². The third-order valence-electron chi connectivity index (χ3n) is 3.02. The molecule has 0 aromatic carbocycles. The van der Waals surface area contributed by atoms with E-state index >= 15 is 0 Å². The Kier molecular flexibility index (Phi) is 4.80. The minimum atomic E-state index is -0.818. The molecular weight excluding hydrogens is 268 g/mol. The molecule has 1 saturated heterocycles. The fraction of sp³-hybridized carbons (Fsp3) is 0.818. The molecule has 8 heteroatoms. The lowest BCUT2D eigenvalue weighted by Crippen LogP contribution is -2.31. The monoisotopic (exact) mass is 288 g/mol. The first-order chi connectivity index (χ1) is 8.99. The van der Waals surface area contributed by atoms with Crippen LogP contribution in [0.1, 0.15) is 5.82 Å². The van der Waals surface area contributed by atoms with Crippen LogP contribution in [0.4, 0.5) is 0 Å². The molecule has 3 atom stereocenters.